The SMILES string of the molecule is Cc1cccc(C)c1NC(=O)CN(C)CC(=O)NC(=O)NCc1ccco1. The zero-order valence-corrected chi connectivity index (χ0v) is 15.7. The number of para-hydroxylation sites is 1. The summed E-state index contributed by atoms with van der Waals surface area (Å²) in [6.45, 7) is 3.95. The van der Waals surface area contributed by atoms with Crippen LogP contribution in [0.3, 0.4) is 0 Å². The lowest BCUT2D eigenvalue weighted by Gasteiger charge is -2.17. The number of rotatable bonds is 7. The lowest BCUT2D eigenvalue weighted by atomic mass is 10.1. The normalized spacial score (nSPS) is 10.5. The minimum absolute atomic E-state index is 0.0230. The molecule has 1 aromatic heterocycles. The third kappa shape index (κ3) is 6.59. The molecule has 1 aromatic carbocycles. The zero-order valence-electron chi connectivity index (χ0n) is 15.7. The quantitative estimate of drug-likeness (QED) is 0.687. The van der Waals surface area contributed by atoms with Crippen LogP contribution >= 0.6 is 0 Å². The van der Waals surface area contributed by atoms with Crippen LogP contribution in [0.25, 0.3) is 0 Å². The standard InChI is InChI=1S/C19H24N4O4/c1-13-6-4-7-14(2)18(13)21-16(24)11-23(3)12-17(25)22-19(26)20-10-15-8-5-9-27-15/h4-9H,10-12H2,1-3H3,(H,21,24)(H2,20,22,25,26). The molecule has 0 saturated carbocycles. The summed E-state index contributed by atoms with van der Waals surface area (Å²) >= 11 is 0. The summed E-state index contributed by atoms with van der Waals surface area (Å²) < 4.78 is 5.08. The van der Waals surface area contributed by atoms with E-state index in [1.165, 1.54) is 11.2 Å². The number of anilines is 1. The van der Waals surface area contributed by atoms with E-state index < -0.39 is 11.9 Å². The van der Waals surface area contributed by atoms with E-state index in [0.717, 1.165) is 16.8 Å². The highest BCUT2D eigenvalue weighted by atomic mass is 16.3. The van der Waals surface area contributed by atoms with Gasteiger partial charge in [-0.05, 0) is 44.2 Å². The van der Waals surface area contributed by atoms with Crippen LogP contribution in [0.15, 0.2) is 41.0 Å². The fourth-order valence-corrected chi connectivity index (χ4v) is 2.53. The molecule has 144 valence electrons. The van der Waals surface area contributed by atoms with E-state index in [9.17, 15) is 14.4 Å². The number of urea groups is 1. The van der Waals surface area contributed by atoms with Gasteiger partial charge in [0.1, 0.15) is 5.76 Å². The van der Waals surface area contributed by atoms with E-state index in [0.29, 0.717) is 5.76 Å². The zero-order chi connectivity index (χ0) is 19.8. The Hall–Kier alpha value is -3.13. The predicted octanol–water partition coefficient (Wildman–Crippen LogP) is 1.79. The molecular weight excluding hydrogens is 348 g/mol. The van der Waals surface area contributed by atoms with E-state index >= 15 is 0 Å². The first-order valence-corrected chi connectivity index (χ1v) is 8.50. The average Bonchev–Trinajstić information content (AvgIpc) is 3.09. The van der Waals surface area contributed by atoms with Crippen LogP contribution in [0.5, 0.6) is 0 Å². The number of nitrogens with one attached hydrogen (secondary N) is 3. The first-order valence-electron chi connectivity index (χ1n) is 8.50. The summed E-state index contributed by atoms with van der Waals surface area (Å²) in [6, 6.07) is 8.56. The molecule has 1 heterocycles. The van der Waals surface area contributed by atoms with Crippen molar-refractivity contribution in [3.63, 3.8) is 0 Å². The van der Waals surface area contributed by atoms with Crippen LogP contribution in [0.1, 0.15) is 16.9 Å². The van der Waals surface area contributed by atoms with Crippen molar-refractivity contribution in [2.75, 3.05) is 25.5 Å². The highest BCUT2D eigenvalue weighted by molar-refractivity contribution is 5.96. The number of furan rings is 1. The van der Waals surface area contributed by atoms with Crippen LogP contribution in [-0.4, -0.2) is 42.9 Å². The topological polar surface area (TPSA) is 104 Å². The van der Waals surface area contributed by atoms with E-state index in [-0.39, 0.29) is 25.5 Å². The Balaban J connectivity index is 1.73. The van der Waals surface area contributed by atoms with Crippen LogP contribution in [0, 0.1) is 13.8 Å². The maximum absolute atomic E-state index is 12.2. The molecule has 2 rings (SSSR count). The molecule has 0 atom stereocenters. The third-order valence-corrected chi connectivity index (χ3v) is 3.83. The molecule has 0 fully saturated rings. The van der Waals surface area contributed by atoms with Crippen molar-refractivity contribution < 1.29 is 18.8 Å². The van der Waals surface area contributed by atoms with Crippen molar-refractivity contribution in [2.24, 2.45) is 0 Å². The van der Waals surface area contributed by atoms with Gasteiger partial charge in [0.2, 0.25) is 11.8 Å². The number of amides is 4. The molecule has 27 heavy (non-hydrogen) atoms. The number of carbonyl (C=O) groups excluding carboxylic acids is 3. The maximum atomic E-state index is 12.2. The molecule has 8 heteroatoms. The Morgan fingerprint density at radius 3 is 2.30 bits per heavy atom. The van der Waals surface area contributed by atoms with Gasteiger partial charge in [-0.3, -0.25) is 19.8 Å². The predicted molar refractivity (Wildman–Crippen MR) is 101 cm³/mol. The van der Waals surface area contributed by atoms with Crippen LogP contribution in [0.2, 0.25) is 0 Å². The van der Waals surface area contributed by atoms with E-state index in [2.05, 4.69) is 16.0 Å². The third-order valence-electron chi connectivity index (χ3n) is 3.83. The number of likely N-dealkylation sites (N-methyl/N-ethyl adjacent to an activating group) is 1. The van der Waals surface area contributed by atoms with Crippen LogP contribution < -0.4 is 16.0 Å². The highest BCUT2D eigenvalue weighted by Crippen LogP contribution is 2.19. The van der Waals surface area contributed by atoms with Crippen molar-refractivity contribution in [3.05, 3.63) is 53.5 Å². The molecular formula is C19H24N4O4. The van der Waals surface area contributed by atoms with Gasteiger partial charge >= 0.3 is 6.03 Å². The number of nitrogens with zero attached hydrogens (tertiary/aromatic N) is 1. The van der Waals surface area contributed by atoms with Crippen molar-refractivity contribution in [3.8, 4) is 0 Å². The summed E-state index contributed by atoms with van der Waals surface area (Å²) in [7, 11) is 1.63. The Morgan fingerprint density at radius 1 is 1.00 bits per heavy atom. The summed E-state index contributed by atoms with van der Waals surface area (Å²) in [6.07, 6.45) is 1.50. The van der Waals surface area contributed by atoms with Crippen molar-refractivity contribution >= 4 is 23.5 Å². The first-order chi connectivity index (χ1) is 12.8. The molecule has 2 aromatic rings. The Bertz CT molecular complexity index is 782. The largest absolute Gasteiger partial charge is 0.467 e. The molecule has 0 unspecified atom stereocenters. The monoisotopic (exact) mass is 372 g/mol. The molecule has 0 bridgehead atoms. The van der Waals surface area contributed by atoms with Gasteiger partial charge in [0, 0.05) is 5.69 Å². The Morgan fingerprint density at radius 2 is 1.67 bits per heavy atom. The number of aryl methyl sites for hydroxylation is 2. The molecule has 0 spiro atoms. The van der Waals surface area contributed by atoms with Gasteiger partial charge in [-0.25, -0.2) is 4.79 Å². The van der Waals surface area contributed by atoms with Gasteiger partial charge in [0.05, 0.1) is 25.9 Å². The van der Waals surface area contributed by atoms with Crippen LogP contribution in [-0.2, 0) is 16.1 Å². The summed E-state index contributed by atoms with van der Waals surface area (Å²) in [5.74, 6) is -0.155. The minimum atomic E-state index is -0.621. The van der Waals surface area contributed by atoms with Gasteiger partial charge in [-0.1, -0.05) is 18.2 Å². The number of hydrogen-bond donors (Lipinski definition) is 3. The van der Waals surface area contributed by atoms with Gasteiger partial charge in [0.25, 0.3) is 0 Å². The first kappa shape index (κ1) is 20.2. The maximum Gasteiger partial charge on any atom is 0.321 e. The fourth-order valence-electron chi connectivity index (χ4n) is 2.53. The lowest BCUT2D eigenvalue weighted by molar-refractivity contribution is -0.122. The second-order valence-electron chi connectivity index (χ2n) is 6.30. The van der Waals surface area contributed by atoms with Gasteiger partial charge < -0.3 is 15.1 Å². The van der Waals surface area contributed by atoms with Crippen molar-refractivity contribution in [2.45, 2.75) is 20.4 Å². The van der Waals surface area contributed by atoms with Gasteiger partial charge in [0.15, 0.2) is 0 Å². The number of carbonyl (C=O) groups is 3. The molecule has 8 nitrogen and oxygen atoms in total. The second-order valence-corrected chi connectivity index (χ2v) is 6.30. The molecule has 0 aliphatic carbocycles. The van der Waals surface area contributed by atoms with Crippen molar-refractivity contribution in [1.82, 2.24) is 15.5 Å². The van der Waals surface area contributed by atoms with E-state index in [4.69, 9.17) is 4.42 Å². The molecule has 0 aliphatic rings. The summed E-state index contributed by atoms with van der Waals surface area (Å²) in [5.41, 5.74) is 2.71. The Kier molecular flexibility index (Phi) is 7.13. The number of benzene rings is 1. The smallest absolute Gasteiger partial charge is 0.321 e. The lowest BCUT2D eigenvalue weighted by Crippen LogP contribution is -2.44. The summed E-state index contributed by atoms with van der Waals surface area (Å²) in [4.78, 5) is 37.3. The Labute approximate surface area is 157 Å². The molecule has 0 saturated heterocycles. The number of hydrogen-bond acceptors (Lipinski definition) is 5. The number of imide groups is 1. The summed E-state index contributed by atoms with van der Waals surface area (Å²) in [5, 5.41) is 7.58. The van der Waals surface area contributed by atoms with E-state index in [1.54, 1.807) is 19.2 Å². The van der Waals surface area contributed by atoms with Crippen molar-refractivity contribution in [1.29, 1.82) is 0 Å². The van der Waals surface area contributed by atoms with Gasteiger partial charge in [-0.15, -0.1) is 0 Å². The van der Waals surface area contributed by atoms with Crippen LogP contribution in [0.4, 0.5) is 10.5 Å². The fraction of sp³-hybridized carbons (Fsp3) is 0.316. The highest BCUT2D eigenvalue weighted by Gasteiger charge is 2.14. The second kappa shape index (κ2) is 9.54. The molecule has 4 amide bonds. The van der Waals surface area contributed by atoms with E-state index in [1.807, 2.05) is 32.0 Å². The molecule has 0 aliphatic heterocycles. The minimum Gasteiger partial charge on any atom is -0.467 e. The molecule has 3 N–H and O–H groups in total. The molecule has 0 radical (unpaired) electrons. The van der Waals surface area contributed by atoms with Gasteiger partial charge in [-0.2, -0.15) is 0 Å². The average molecular weight is 372 g/mol.